The molecule has 0 radical (unpaired) electrons. The third kappa shape index (κ3) is 5.57. The molecule has 1 aliphatic heterocycles. The Morgan fingerprint density at radius 1 is 1.07 bits per heavy atom. The molecule has 1 heterocycles. The average Bonchev–Trinajstić information content (AvgIpc) is 2.66. The fourth-order valence-corrected chi connectivity index (χ4v) is 5.23. The summed E-state index contributed by atoms with van der Waals surface area (Å²) in [6.07, 6.45) is 2.70. The van der Waals surface area contributed by atoms with Crippen molar-refractivity contribution in [1.29, 1.82) is 0 Å². The van der Waals surface area contributed by atoms with E-state index in [0.717, 1.165) is 19.3 Å². The van der Waals surface area contributed by atoms with Crippen molar-refractivity contribution in [2.75, 3.05) is 19.7 Å². The Morgan fingerprint density at radius 2 is 1.66 bits per heavy atom. The van der Waals surface area contributed by atoms with E-state index in [1.165, 1.54) is 16.4 Å². The van der Waals surface area contributed by atoms with Gasteiger partial charge in [0.05, 0.1) is 10.5 Å². The lowest BCUT2D eigenvalue weighted by Gasteiger charge is -2.30. The molecule has 1 aromatic carbocycles. The second-order valence-corrected chi connectivity index (χ2v) is 9.94. The minimum absolute atomic E-state index is 0.0130. The molecule has 0 unspecified atom stereocenters. The smallest absolute Gasteiger partial charge is 0.338 e. The van der Waals surface area contributed by atoms with Gasteiger partial charge in [-0.1, -0.05) is 12.5 Å². The van der Waals surface area contributed by atoms with E-state index in [4.69, 9.17) is 4.74 Å². The van der Waals surface area contributed by atoms with E-state index in [2.05, 4.69) is 0 Å². The van der Waals surface area contributed by atoms with Crippen molar-refractivity contribution in [2.24, 2.45) is 0 Å². The molecule has 29 heavy (non-hydrogen) atoms. The summed E-state index contributed by atoms with van der Waals surface area (Å²) in [7, 11) is -3.65. The largest absolute Gasteiger partial charge is 0.452 e. The summed E-state index contributed by atoms with van der Waals surface area (Å²) in [4.78, 5) is 26.7. The van der Waals surface area contributed by atoms with Gasteiger partial charge in [-0.2, -0.15) is 4.31 Å². The van der Waals surface area contributed by atoms with Crippen LogP contribution in [0.3, 0.4) is 0 Å². The summed E-state index contributed by atoms with van der Waals surface area (Å²) in [6, 6.07) is 4.45. The third-order valence-corrected chi connectivity index (χ3v) is 7.00. The lowest BCUT2D eigenvalue weighted by molar-refractivity contribution is -0.138. The number of piperidine rings is 1. The number of hydrogen-bond donors (Lipinski definition) is 0. The van der Waals surface area contributed by atoms with Crippen molar-refractivity contribution in [3.05, 3.63) is 29.3 Å². The van der Waals surface area contributed by atoms with Crippen LogP contribution >= 0.6 is 0 Å². The van der Waals surface area contributed by atoms with E-state index in [0.29, 0.717) is 18.7 Å². The fourth-order valence-electron chi connectivity index (χ4n) is 3.69. The van der Waals surface area contributed by atoms with Gasteiger partial charge in [-0.25, -0.2) is 13.2 Å². The highest BCUT2D eigenvalue weighted by atomic mass is 32.2. The van der Waals surface area contributed by atoms with Crippen LogP contribution in [0.15, 0.2) is 23.1 Å². The van der Waals surface area contributed by atoms with Crippen molar-refractivity contribution in [3.63, 3.8) is 0 Å². The molecule has 0 bridgehead atoms. The number of esters is 1. The zero-order chi connectivity index (χ0) is 21.8. The minimum atomic E-state index is -3.65. The van der Waals surface area contributed by atoms with E-state index in [1.807, 2.05) is 27.7 Å². The van der Waals surface area contributed by atoms with Crippen molar-refractivity contribution < 1.29 is 22.7 Å². The van der Waals surface area contributed by atoms with Gasteiger partial charge in [-0.3, -0.25) is 4.79 Å². The van der Waals surface area contributed by atoms with Crippen molar-refractivity contribution >= 4 is 21.9 Å². The molecule has 1 amide bonds. The molecule has 162 valence electrons. The summed E-state index contributed by atoms with van der Waals surface area (Å²) in [5.74, 6) is -0.975. The normalized spacial score (nSPS) is 15.6. The molecule has 0 atom stereocenters. The van der Waals surface area contributed by atoms with Gasteiger partial charge < -0.3 is 9.64 Å². The topological polar surface area (TPSA) is 84.0 Å². The predicted molar refractivity (Wildman–Crippen MR) is 111 cm³/mol. The Bertz CT molecular complexity index is 835. The van der Waals surface area contributed by atoms with Crippen LogP contribution in [0.1, 0.15) is 62.9 Å². The summed E-state index contributed by atoms with van der Waals surface area (Å²) < 4.78 is 32.5. The van der Waals surface area contributed by atoms with Crippen LogP contribution in [0.4, 0.5) is 0 Å². The highest BCUT2D eigenvalue weighted by Crippen LogP contribution is 2.23. The van der Waals surface area contributed by atoms with Crippen LogP contribution in [0.25, 0.3) is 0 Å². The molecule has 1 saturated heterocycles. The molecule has 0 saturated carbocycles. The molecule has 2 rings (SSSR count). The zero-order valence-electron chi connectivity index (χ0n) is 18.0. The number of rotatable bonds is 7. The number of sulfonamides is 1. The second-order valence-electron chi connectivity index (χ2n) is 8.01. The van der Waals surface area contributed by atoms with E-state index in [9.17, 15) is 18.0 Å². The maximum atomic E-state index is 12.9. The number of amides is 1. The van der Waals surface area contributed by atoms with Crippen LogP contribution in [-0.4, -0.2) is 61.3 Å². The van der Waals surface area contributed by atoms with Gasteiger partial charge in [-0.05, 0) is 65.2 Å². The Balaban J connectivity index is 2.17. The van der Waals surface area contributed by atoms with E-state index >= 15 is 0 Å². The van der Waals surface area contributed by atoms with Crippen molar-refractivity contribution in [1.82, 2.24) is 9.21 Å². The number of carbonyl (C=O) groups is 2. The highest BCUT2D eigenvalue weighted by molar-refractivity contribution is 7.89. The Labute approximate surface area is 174 Å². The molecular formula is C21H32N2O5S. The van der Waals surface area contributed by atoms with Gasteiger partial charge in [0, 0.05) is 25.2 Å². The summed E-state index contributed by atoms with van der Waals surface area (Å²) in [6.45, 7) is 9.92. The quantitative estimate of drug-likeness (QED) is 0.629. The van der Waals surface area contributed by atoms with Gasteiger partial charge in [-0.15, -0.1) is 0 Å². The number of carbonyl (C=O) groups excluding carboxylic acids is 2. The average molecular weight is 425 g/mol. The molecule has 1 fully saturated rings. The van der Waals surface area contributed by atoms with E-state index in [1.54, 1.807) is 17.9 Å². The monoisotopic (exact) mass is 424 g/mol. The Morgan fingerprint density at radius 3 is 2.21 bits per heavy atom. The van der Waals surface area contributed by atoms with Crippen LogP contribution in [0, 0.1) is 6.92 Å². The number of nitrogens with zero attached hydrogens (tertiary/aromatic N) is 2. The standard InChI is InChI=1S/C21H32N2O5S/c1-15(2)23(16(3)4)20(24)14-28-21(25)19-13-18(10-9-17(19)5)29(26,27)22-11-7-6-8-12-22/h9-10,13,15-16H,6-8,11-12,14H2,1-5H3. The zero-order valence-corrected chi connectivity index (χ0v) is 18.8. The summed E-state index contributed by atoms with van der Waals surface area (Å²) in [5, 5.41) is 0. The minimum Gasteiger partial charge on any atom is -0.452 e. The summed E-state index contributed by atoms with van der Waals surface area (Å²) >= 11 is 0. The van der Waals surface area contributed by atoms with Crippen molar-refractivity contribution in [2.45, 2.75) is 70.9 Å². The van der Waals surface area contributed by atoms with Crippen LogP contribution in [0.2, 0.25) is 0 Å². The molecule has 0 N–H and O–H groups in total. The molecule has 0 spiro atoms. The molecule has 0 aliphatic carbocycles. The molecule has 1 aromatic rings. The molecule has 1 aliphatic rings. The van der Waals surface area contributed by atoms with Crippen LogP contribution in [0.5, 0.6) is 0 Å². The van der Waals surface area contributed by atoms with Gasteiger partial charge in [0.1, 0.15) is 0 Å². The van der Waals surface area contributed by atoms with Gasteiger partial charge in [0.2, 0.25) is 10.0 Å². The fraction of sp³-hybridized carbons (Fsp3) is 0.619. The first-order chi connectivity index (χ1) is 13.6. The second kappa shape index (κ2) is 9.71. The number of aryl methyl sites for hydroxylation is 1. The Hall–Kier alpha value is -1.93. The number of ether oxygens (including phenoxy) is 1. The first kappa shape index (κ1) is 23.3. The number of benzene rings is 1. The maximum Gasteiger partial charge on any atom is 0.338 e. The van der Waals surface area contributed by atoms with Gasteiger partial charge >= 0.3 is 5.97 Å². The predicted octanol–water partition coefficient (Wildman–Crippen LogP) is 2.97. The lowest BCUT2D eigenvalue weighted by Crippen LogP contribution is -2.44. The first-order valence-electron chi connectivity index (χ1n) is 10.1. The highest BCUT2D eigenvalue weighted by Gasteiger charge is 2.28. The van der Waals surface area contributed by atoms with Gasteiger partial charge in [0.15, 0.2) is 6.61 Å². The third-order valence-electron chi connectivity index (χ3n) is 5.11. The molecule has 0 aromatic heterocycles. The maximum absolute atomic E-state index is 12.9. The van der Waals surface area contributed by atoms with Crippen molar-refractivity contribution in [3.8, 4) is 0 Å². The van der Waals surface area contributed by atoms with Crippen LogP contribution < -0.4 is 0 Å². The SMILES string of the molecule is Cc1ccc(S(=O)(=O)N2CCCCC2)cc1C(=O)OCC(=O)N(C(C)C)C(C)C. The lowest BCUT2D eigenvalue weighted by atomic mass is 10.1. The molecule has 8 heteroatoms. The molecule has 7 nitrogen and oxygen atoms in total. The number of hydrogen-bond acceptors (Lipinski definition) is 5. The first-order valence-corrected chi connectivity index (χ1v) is 11.6. The molecular weight excluding hydrogens is 392 g/mol. The van der Waals surface area contributed by atoms with E-state index < -0.39 is 16.0 Å². The Kier molecular flexibility index (Phi) is 7.82. The van der Waals surface area contributed by atoms with Crippen LogP contribution in [-0.2, 0) is 19.6 Å². The summed E-state index contributed by atoms with van der Waals surface area (Å²) in [5.41, 5.74) is 0.765. The van der Waals surface area contributed by atoms with E-state index in [-0.39, 0.29) is 35.1 Å². The van der Waals surface area contributed by atoms with Gasteiger partial charge in [0.25, 0.3) is 5.91 Å².